The van der Waals surface area contributed by atoms with Crippen LogP contribution in [0.25, 0.3) is 20.9 Å². The van der Waals surface area contributed by atoms with E-state index < -0.39 is 8.80 Å². The molecule has 0 aromatic rings. The summed E-state index contributed by atoms with van der Waals surface area (Å²) in [6, 6.07) is 0.530. The zero-order valence-electron chi connectivity index (χ0n) is 15.9. The van der Waals surface area contributed by atoms with Gasteiger partial charge in [-0.2, -0.15) is 0 Å². The topological polar surface area (TPSA) is 125 Å². The maximum Gasteiger partial charge on any atom is 0.500 e. The molecule has 2 atom stereocenters. The minimum absolute atomic E-state index is 0.0508. The van der Waals surface area contributed by atoms with Gasteiger partial charge < -0.3 is 13.3 Å². The lowest BCUT2D eigenvalue weighted by Crippen LogP contribution is -2.46. The van der Waals surface area contributed by atoms with Gasteiger partial charge in [0.1, 0.15) is 0 Å². The zero-order chi connectivity index (χ0) is 19.0. The summed E-state index contributed by atoms with van der Waals surface area (Å²) in [5.41, 5.74) is 17.3. The molecule has 0 saturated carbocycles. The molecular formula is C15H32N6O3Si. The van der Waals surface area contributed by atoms with Crippen molar-refractivity contribution in [1.82, 2.24) is 0 Å². The van der Waals surface area contributed by atoms with Gasteiger partial charge in [0.2, 0.25) is 0 Å². The van der Waals surface area contributed by atoms with Crippen LogP contribution in [0.3, 0.4) is 0 Å². The lowest BCUT2D eigenvalue weighted by Gasteiger charge is -2.28. The van der Waals surface area contributed by atoms with Crippen molar-refractivity contribution in [1.29, 1.82) is 0 Å². The van der Waals surface area contributed by atoms with E-state index >= 15 is 0 Å². The molecule has 0 aromatic carbocycles. The molecule has 0 rings (SSSR count). The van der Waals surface area contributed by atoms with Crippen molar-refractivity contribution in [2.45, 2.75) is 77.9 Å². The van der Waals surface area contributed by atoms with E-state index in [0.29, 0.717) is 32.3 Å². The van der Waals surface area contributed by atoms with Gasteiger partial charge in [-0.1, -0.05) is 17.2 Å². The van der Waals surface area contributed by atoms with Crippen LogP contribution in [0.1, 0.15) is 59.8 Å². The van der Waals surface area contributed by atoms with Crippen LogP contribution in [0.5, 0.6) is 0 Å². The summed E-state index contributed by atoms with van der Waals surface area (Å²) in [6.07, 6.45) is 3.73. The standard InChI is InChI=1S/C15H32N6O3Si/c1-5-14(18-20-16)11-12-15(19-21-17)10-9-13-25(22-6-2,23-7-3)24-8-4/h14-15H,5-13H2,1-4H3. The summed E-state index contributed by atoms with van der Waals surface area (Å²) in [6.45, 7) is 9.44. The van der Waals surface area contributed by atoms with Crippen LogP contribution in [0.2, 0.25) is 6.04 Å². The summed E-state index contributed by atoms with van der Waals surface area (Å²) in [5, 5.41) is 7.65. The average Bonchev–Trinajstić information content (AvgIpc) is 2.59. The van der Waals surface area contributed by atoms with Crippen LogP contribution in [-0.4, -0.2) is 40.7 Å². The first-order chi connectivity index (χ1) is 12.1. The molecule has 0 aromatic heterocycles. The molecule has 0 bridgehead atoms. The normalized spacial score (nSPS) is 13.6. The van der Waals surface area contributed by atoms with Crippen LogP contribution in [-0.2, 0) is 13.3 Å². The Morgan fingerprint density at radius 2 is 1.28 bits per heavy atom. The van der Waals surface area contributed by atoms with E-state index in [1.165, 1.54) is 0 Å². The van der Waals surface area contributed by atoms with Crippen LogP contribution in [0, 0.1) is 0 Å². The molecule has 0 radical (unpaired) electrons. The highest BCUT2D eigenvalue weighted by Gasteiger charge is 2.39. The molecule has 9 nitrogen and oxygen atoms in total. The lowest BCUT2D eigenvalue weighted by atomic mass is 10.0. The second kappa shape index (κ2) is 15.0. The Kier molecular flexibility index (Phi) is 14.2. The van der Waals surface area contributed by atoms with E-state index in [0.717, 1.165) is 25.7 Å². The van der Waals surface area contributed by atoms with E-state index in [9.17, 15) is 0 Å². The van der Waals surface area contributed by atoms with Crippen molar-refractivity contribution in [3.05, 3.63) is 20.9 Å². The molecule has 0 N–H and O–H groups in total. The molecular weight excluding hydrogens is 340 g/mol. The summed E-state index contributed by atoms with van der Waals surface area (Å²) < 4.78 is 17.5. The van der Waals surface area contributed by atoms with Crippen LogP contribution in [0.4, 0.5) is 0 Å². The highest BCUT2D eigenvalue weighted by atomic mass is 28.4. The molecule has 144 valence electrons. The first-order valence-electron chi connectivity index (χ1n) is 9.11. The number of rotatable bonds is 16. The Hall–Kier alpha value is -1.28. The third-order valence-electron chi connectivity index (χ3n) is 3.85. The summed E-state index contributed by atoms with van der Waals surface area (Å²) in [7, 11) is -2.65. The molecule has 0 fully saturated rings. The van der Waals surface area contributed by atoms with Gasteiger partial charge in [0.15, 0.2) is 0 Å². The quantitative estimate of drug-likeness (QED) is 0.156. The second-order valence-electron chi connectivity index (χ2n) is 5.58. The van der Waals surface area contributed by atoms with Crippen molar-refractivity contribution in [3.63, 3.8) is 0 Å². The van der Waals surface area contributed by atoms with Gasteiger partial charge in [-0.25, -0.2) is 0 Å². The van der Waals surface area contributed by atoms with Gasteiger partial charge in [-0.05, 0) is 63.9 Å². The fourth-order valence-electron chi connectivity index (χ4n) is 2.69. The van der Waals surface area contributed by atoms with Gasteiger partial charge in [0.05, 0.1) is 0 Å². The number of hydrogen-bond acceptors (Lipinski definition) is 5. The third kappa shape index (κ3) is 10.3. The summed E-state index contributed by atoms with van der Waals surface area (Å²) in [5.74, 6) is 0. The maximum absolute atomic E-state index is 8.79. The lowest BCUT2D eigenvalue weighted by molar-refractivity contribution is 0.0705. The Labute approximate surface area is 151 Å². The van der Waals surface area contributed by atoms with Crippen molar-refractivity contribution in [2.24, 2.45) is 10.2 Å². The molecule has 0 saturated heterocycles. The zero-order valence-corrected chi connectivity index (χ0v) is 16.9. The Morgan fingerprint density at radius 3 is 1.72 bits per heavy atom. The monoisotopic (exact) mass is 372 g/mol. The van der Waals surface area contributed by atoms with E-state index in [1.807, 2.05) is 27.7 Å². The third-order valence-corrected chi connectivity index (χ3v) is 7.00. The molecule has 0 aliphatic rings. The maximum atomic E-state index is 8.79. The van der Waals surface area contributed by atoms with Gasteiger partial charge >= 0.3 is 8.80 Å². The van der Waals surface area contributed by atoms with Crippen LogP contribution < -0.4 is 0 Å². The molecule has 10 heteroatoms. The molecule has 2 unspecified atom stereocenters. The van der Waals surface area contributed by atoms with Gasteiger partial charge in [0.25, 0.3) is 0 Å². The smallest absolute Gasteiger partial charge is 0.374 e. The SMILES string of the molecule is CCO[Si](CCCC(CCC(CC)N=[N+]=[N-])N=[N+]=[N-])(OCC)OCC. The van der Waals surface area contributed by atoms with Crippen molar-refractivity contribution >= 4 is 8.80 Å². The molecule has 0 aliphatic heterocycles. The number of nitrogens with zero attached hydrogens (tertiary/aromatic N) is 6. The second-order valence-corrected chi connectivity index (χ2v) is 8.31. The van der Waals surface area contributed by atoms with E-state index in [2.05, 4.69) is 20.1 Å². The summed E-state index contributed by atoms with van der Waals surface area (Å²) in [4.78, 5) is 5.81. The largest absolute Gasteiger partial charge is 0.500 e. The first-order valence-corrected chi connectivity index (χ1v) is 11.0. The highest BCUT2D eigenvalue weighted by Crippen LogP contribution is 2.22. The van der Waals surface area contributed by atoms with E-state index in [4.69, 9.17) is 24.3 Å². The predicted octanol–water partition coefficient (Wildman–Crippen LogP) is 5.36. The van der Waals surface area contributed by atoms with Gasteiger partial charge in [-0.3, -0.25) is 0 Å². The van der Waals surface area contributed by atoms with E-state index in [-0.39, 0.29) is 12.1 Å². The van der Waals surface area contributed by atoms with Crippen LogP contribution in [0.15, 0.2) is 10.2 Å². The first kappa shape index (κ1) is 23.7. The average molecular weight is 373 g/mol. The van der Waals surface area contributed by atoms with E-state index in [1.54, 1.807) is 0 Å². The molecule has 0 aliphatic carbocycles. The minimum atomic E-state index is -2.65. The molecule has 0 amide bonds. The Bertz CT molecular complexity index is 424. The van der Waals surface area contributed by atoms with Gasteiger partial charge in [0, 0.05) is 47.8 Å². The minimum Gasteiger partial charge on any atom is -0.374 e. The highest BCUT2D eigenvalue weighted by molar-refractivity contribution is 6.60. The Balaban J connectivity index is 4.65. The van der Waals surface area contributed by atoms with Gasteiger partial charge in [-0.15, -0.1) is 0 Å². The van der Waals surface area contributed by atoms with Crippen molar-refractivity contribution in [2.75, 3.05) is 19.8 Å². The van der Waals surface area contributed by atoms with Crippen molar-refractivity contribution in [3.8, 4) is 0 Å². The fraction of sp³-hybridized carbons (Fsp3) is 1.00. The summed E-state index contributed by atoms with van der Waals surface area (Å²) >= 11 is 0. The van der Waals surface area contributed by atoms with Crippen molar-refractivity contribution < 1.29 is 13.3 Å². The predicted molar refractivity (Wildman–Crippen MR) is 100 cm³/mol. The van der Waals surface area contributed by atoms with Crippen LogP contribution >= 0.6 is 0 Å². The molecule has 0 spiro atoms. The Morgan fingerprint density at radius 1 is 0.800 bits per heavy atom. The fourth-order valence-corrected chi connectivity index (χ4v) is 5.33. The molecule has 0 heterocycles. The number of azide groups is 2. The molecule has 25 heavy (non-hydrogen) atoms. The number of hydrogen-bond donors (Lipinski definition) is 0.